The summed E-state index contributed by atoms with van der Waals surface area (Å²) in [5, 5.41) is 6.77. The number of aromatic amines is 1. The predicted molar refractivity (Wildman–Crippen MR) is 58.1 cm³/mol. The van der Waals surface area contributed by atoms with Crippen molar-refractivity contribution in [2.24, 2.45) is 0 Å². The van der Waals surface area contributed by atoms with E-state index in [1.165, 1.54) is 11.1 Å². The maximum Gasteiger partial charge on any atom is 0.0565 e. The second-order valence-corrected chi connectivity index (χ2v) is 3.77. The number of benzene rings is 1. The number of nitrogens with one attached hydrogen (secondary N) is 1. The number of aromatic nitrogens is 2. The molecule has 0 aliphatic carbocycles. The molecule has 0 unspecified atom stereocenters. The van der Waals surface area contributed by atoms with Crippen molar-refractivity contribution in [1.29, 1.82) is 0 Å². The van der Waals surface area contributed by atoms with Crippen LogP contribution in [0.25, 0.3) is 11.1 Å². The van der Waals surface area contributed by atoms with Crippen LogP contribution in [0, 0.1) is 0 Å². The van der Waals surface area contributed by atoms with Gasteiger partial charge in [-0.1, -0.05) is 38.1 Å². The van der Waals surface area contributed by atoms with Gasteiger partial charge in [-0.2, -0.15) is 5.10 Å². The van der Waals surface area contributed by atoms with E-state index in [-0.39, 0.29) is 0 Å². The molecule has 0 aliphatic rings. The maximum absolute atomic E-state index is 3.95. The van der Waals surface area contributed by atoms with Crippen molar-refractivity contribution in [3.05, 3.63) is 42.2 Å². The van der Waals surface area contributed by atoms with Crippen molar-refractivity contribution >= 4 is 0 Å². The second-order valence-electron chi connectivity index (χ2n) is 3.77. The molecule has 0 aliphatic heterocycles. The first-order chi connectivity index (χ1) is 6.77. The van der Waals surface area contributed by atoms with E-state index in [1.807, 2.05) is 12.4 Å². The van der Waals surface area contributed by atoms with Crippen LogP contribution in [0.1, 0.15) is 25.3 Å². The van der Waals surface area contributed by atoms with Gasteiger partial charge in [0.05, 0.1) is 6.20 Å². The molecule has 0 saturated carbocycles. The molecule has 0 bridgehead atoms. The summed E-state index contributed by atoms with van der Waals surface area (Å²) in [6, 6.07) is 8.58. The van der Waals surface area contributed by atoms with Gasteiger partial charge in [-0.15, -0.1) is 0 Å². The standard InChI is InChI=1S/C12H14N2/c1-9(2)10-4-3-5-11(6-10)12-7-13-14-8-12/h3-9H,1-2H3,(H,13,14). The summed E-state index contributed by atoms with van der Waals surface area (Å²) in [5.74, 6) is 0.571. The molecular formula is C12H14N2. The van der Waals surface area contributed by atoms with Crippen molar-refractivity contribution < 1.29 is 0 Å². The highest BCUT2D eigenvalue weighted by atomic mass is 15.1. The molecule has 14 heavy (non-hydrogen) atoms. The summed E-state index contributed by atoms with van der Waals surface area (Å²) >= 11 is 0. The SMILES string of the molecule is CC(C)c1cccc(-c2cn[nH]c2)c1. The Morgan fingerprint density at radius 1 is 1.21 bits per heavy atom. The van der Waals surface area contributed by atoms with Crippen LogP contribution in [0.15, 0.2) is 36.7 Å². The number of hydrogen-bond acceptors (Lipinski definition) is 1. The summed E-state index contributed by atoms with van der Waals surface area (Å²) < 4.78 is 0. The Bertz CT molecular complexity index is 402. The predicted octanol–water partition coefficient (Wildman–Crippen LogP) is 3.20. The number of rotatable bonds is 2. The van der Waals surface area contributed by atoms with Crippen LogP contribution in [-0.4, -0.2) is 10.2 Å². The Balaban J connectivity index is 2.41. The molecule has 0 saturated heterocycles. The third kappa shape index (κ3) is 1.69. The second kappa shape index (κ2) is 3.66. The lowest BCUT2D eigenvalue weighted by atomic mass is 9.99. The quantitative estimate of drug-likeness (QED) is 0.766. The fourth-order valence-corrected chi connectivity index (χ4v) is 1.49. The van der Waals surface area contributed by atoms with Gasteiger partial charge in [0.15, 0.2) is 0 Å². The monoisotopic (exact) mass is 186 g/mol. The molecule has 2 heteroatoms. The van der Waals surface area contributed by atoms with E-state index in [4.69, 9.17) is 0 Å². The van der Waals surface area contributed by atoms with Gasteiger partial charge in [0.1, 0.15) is 0 Å². The van der Waals surface area contributed by atoms with Crippen molar-refractivity contribution in [3.8, 4) is 11.1 Å². The Hall–Kier alpha value is -1.57. The Morgan fingerprint density at radius 2 is 2.07 bits per heavy atom. The Morgan fingerprint density at radius 3 is 2.71 bits per heavy atom. The zero-order valence-corrected chi connectivity index (χ0v) is 8.49. The molecule has 2 nitrogen and oxygen atoms in total. The first-order valence-corrected chi connectivity index (χ1v) is 4.86. The lowest BCUT2D eigenvalue weighted by molar-refractivity contribution is 0.867. The van der Waals surface area contributed by atoms with E-state index < -0.39 is 0 Å². The van der Waals surface area contributed by atoms with E-state index in [0.29, 0.717) is 5.92 Å². The number of hydrogen-bond donors (Lipinski definition) is 1. The van der Waals surface area contributed by atoms with Crippen molar-refractivity contribution in [3.63, 3.8) is 0 Å². The van der Waals surface area contributed by atoms with Gasteiger partial charge in [-0.05, 0) is 17.0 Å². The molecule has 1 N–H and O–H groups in total. The van der Waals surface area contributed by atoms with E-state index in [9.17, 15) is 0 Å². The fraction of sp³-hybridized carbons (Fsp3) is 0.250. The topological polar surface area (TPSA) is 28.7 Å². The van der Waals surface area contributed by atoms with E-state index in [2.05, 4.69) is 48.3 Å². The summed E-state index contributed by atoms with van der Waals surface area (Å²) in [6.07, 6.45) is 3.76. The first-order valence-electron chi connectivity index (χ1n) is 4.86. The first kappa shape index (κ1) is 9.00. The van der Waals surface area contributed by atoms with Crippen molar-refractivity contribution in [2.75, 3.05) is 0 Å². The zero-order chi connectivity index (χ0) is 9.97. The lowest BCUT2D eigenvalue weighted by Crippen LogP contribution is -1.86. The number of H-pyrrole nitrogens is 1. The van der Waals surface area contributed by atoms with Crippen LogP contribution >= 0.6 is 0 Å². The number of nitrogens with zero attached hydrogens (tertiary/aromatic N) is 1. The summed E-state index contributed by atoms with van der Waals surface area (Å²) in [5.41, 5.74) is 3.74. The van der Waals surface area contributed by atoms with Crippen LogP contribution in [0.2, 0.25) is 0 Å². The van der Waals surface area contributed by atoms with E-state index >= 15 is 0 Å². The van der Waals surface area contributed by atoms with Gasteiger partial charge in [-0.3, -0.25) is 5.10 Å². The highest BCUT2D eigenvalue weighted by molar-refractivity contribution is 5.62. The van der Waals surface area contributed by atoms with Crippen LogP contribution in [0.5, 0.6) is 0 Å². The summed E-state index contributed by atoms with van der Waals surface area (Å²) in [7, 11) is 0. The van der Waals surface area contributed by atoms with Crippen LogP contribution in [0.3, 0.4) is 0 Å². The van der Waals surface area contributed by atoms with Crippen LogP contribution < -0.4 is 0 Å². The van der Waals surface area contributed by atoms with Gasteiger partial charge in [-0.25, -0.2) is 0 Å². The smallest absolute Gasteiger partial charge is 0.0565 e. The minimum absolute atomic E-state index is 0.571. The summed E-state index contributed by atoms with van der Waals surface area (Å²) in [6.45, 7) is 4.41. The van der Waals surface area contributed by atoms with Gasteiger partial charge in [0.2, 0.25) is 0 Å². The Labute approximate surface area is 84.0 Å². The van der Waals surface area contributed by atoms with Crippen LogP contribution in [-0.2, 0) is 0 Å². The summed E-state index contributed by atoms with van der Waals surface area (Å²) in [4.78, 5) is 0. The third-order valence-corrected chi connectivity index (χ3v) is 2.38. The minimum atomic E-state index is 0.571. The average molecular weight is 186 g/mol. The highest BCUT2D eigenvalue weighted by Crippen LogP contribution is 2.22. The molecular weight excluding hydrogens is 172 g/mol. The lowest BCUT2D eigenvalue weighted by Gasteiger charge is -2.06. The zero-order valence-electron chi connectivity index (χ0n) is 8.49. The molecule has 1 aromatic heterocycles. The third-order valence-electron chi connectivity index (χ3n) is 2.38. The van der Waals surface area contributed by atoms with Crippen LogP contribution in [0.4, 0.5) is 0 Å². The van der Waals surface area contributed by atoms with Crippen molar-refractivity contribution in [2.45, 2.75) is 19.8 Å². The molecule has 0 spiro atoms. The molecule has 0 atom stereocenters. The molecule has 72 valence electrons. The largest absolute Gasteiger partial charge is 0.285 e. The molecule has 2 rings (SSSR count). The molecule has 2 aromatic rings. The fourth-order valence-electron chi connectivity index (χ4n) is 1.49. The normalized spacial score (nSPS) is 10.8. The Kier molecular flexibility index (Phi) is 2.35. The van der Waals surface area contributed by atoms with Gasteiger partial charge < -0.3 is 0 Å². The molecule has 0 radical (unpaired) electrons. The van der Waals surface area contributed by atoms with Gasteiger partial charge in [0.25, 0.3) is 0 Å². The highest BCUT2D eigenvalue weighted by Gasteiger charge is 2.02. The molecule has 0 fully saturated rings. The van der Waals surface area contributed by atoms with Gasteiger partial charge in [0, 0.05) is 11.8 Å². The van der Waals surface area contributed by atoms with Gasteiger partial charge >= 0.3 is 0 Å². The molecule has 1 aromatic carbocycles. The minimum Gasteiger partial charge on any atom is -0.285 e. The van der Waals surface area contributed by atoms with Crippen molar-refractivity contribution in [1.82, 2.24) is 10.2 Å². The molecule has 1 heterocycles. The van der Waals surface area contributed by atoms with E-state index in [1.54, 1.807) is 0 Å². The molecule has 0 amide bonds. The van der Waals surface area contributed by atoms with E-state index in [0.717, 1.165) is 5.56 Å². The average Bonchev–Trinajstić information content (AvgIpc) is 2.71. The maximum atomic E-state index is 3.95.